The summed E-state index contributed by atoms with van der Waals surface area (Å²) < 4.78 is 11.6. The average molecular weight is 229 g/mol. The minimum absolute atomic E-state index is 0.0999. The lowest BCUT2D eigenvalue weighted by atomic mass is 10.2. The van der Waals surface area contributed by atoms with Crippen LogP contribution in [0.4, 0.5) is 0 Å². The van der Waals surface area contributed by atoms with Gasteiger partial charge in [0.25, 0.3) is 0 Å². The minimum Gasteiger partial charge on any atom is -0.350 e. The molecule has 0 aromatic rings. The number of nitrogens with zero attached hydrogens (tertiary/aromatic N) is 1. The highest BCUT2D eigenvalue weighted by molar-refractivity contribution is 4.67. The predicted octanol–water partition coefficient (Wildman–Crippen LogP) is 3.00. The van der Waals surface area contributed by atoms with Crippen LogP contribution in [0, 0.1) is 0 Å². The molecule has 3 atom stereocenters. The predicted molar refractivity (Wildman–Crippen MR) is 66.3 cm³/mol. The molecule has 0 spiro atoms. The molecule has 0 radical (unpaired) electrons. The maximum Gasteiger partial charge on any atom is 0.157 e. The van der Waals surface area contributed by atoms with Gasteiger partial charge in [0.15, 0.2) is 6.29 Å². The van der Waals surface area contributed by atoms with E-state index in [-0.39, 0.29) is 12.5 Å². The largest absolute Gasteiger partial charge is 0.350 e. The zero-order valence-electron chi connectivity index (χ0n) is 11.2. The Kier molecular flexibility index (Phi) is 6.32. The normalized spacial score (nSPS) is 23.2. The topological polar surface area (TPSA) is 21.7 Å². The molecule has 1 rings (SSSR count). The highest BCUT2D eigenvalue weighted by Gasteiger charge is 2.21. The standard InChI is InChI=1S/C13H27NO2/c1-5-8-11(2)15-13(4)16-12(3)14-9-6-7-10-14/h11-13H,5-10H2,1-4H3. The van der Waals surface area contributed by atoms with Gasteiger partial charge in [-0.05, 0) is 40.0 Å². The molecule has 96 valence electrons. The Bertz CT molecular complexity index is 181. The Balaban J connectivity index is 2.19. The highest BCUT2D eigenvalue weighted by Crippen LogP contribution is 2.15. The van der Waals surface area contributed by atoms with Gasteiger partial charge in [0.05, 0.1) is 6.10 Å². The Hall–Kier alpha value is -0.120. The molecule has 0 aromatic heterocycles. The van der Waals surface area contributed by atoms with Crippen LogP contribution in [0.1, 0.15) is 53.4 Å². The molecule has 0 amide bonds. The molecule has 1 heterocycles. The van der Waals surface area contributed by atoms with Crippen molar-refractivity contribution in [1.29, 1.82) is 0 Å². The van der Waals surface area contributed by atoms with Gasteiger partial charge in [-0.3, -0.25) is 4.90 Å². The Morgan fingerprint density at radius 1 is 1.06 bits per heavy atom. The number of hydrogen-bond donors (Lipinski definition) is 0. The van der Waals surface area contributed by atoms with Gasteiger partial charge in [-0.15, -0.1) is 0 Å². The zero-order valence-corrected chi connectivity index (χ0v) is 11.2. The SMILES string of the molecule is CCCC(C)OC(C)OC(C)N1CCCC1. The van der Waals surface area contributed by atoms with E-state index in [2.05, 4.69) is 25.7 Å². The molecule has 1 aliphatic heterocycles. The smallest absolute Gasteiger partial charge is 0.157 e. The first-order valence-corrected chi connectivity index (χ1v) is 6.68. The summed E-state index contributed by atoms with van der Waals surface area (Å²) in [6.45, 7) is 10.7. The van der Waals surface area contributed by atoms with Crippen LogP contribution in [-0.2, 0) is 9.47 Å². The number of rotatable bonds is 7. The van der Waals surface area contributed by atoms with E-state index in [4.69, 9.17) is 9.47 Å². The van der Waals surface area contributed by atoms with Crippen molar-refractivity contribution in [1.82, 2.24) is 4.90 Å². The molecule has 1 aliphatic rings. The van der Waals surface area contributed by atoms with Crippen LogP contribution in [0.2, 0.25) is 0 Å². The Morgan fingerprint density at radius 2 is 1.69 bits per heavy atom. The van der Waals surface area contributed by atoms with Crippen LogP contribution in [0.15, 0.2) is 0 Å². The van der Waals surface area contributed by atoms with E-state index in [9.17, 15) is 0 Å². The average Bonchev–Trinajstić information content (AvgIpc) is 2.69. The van der Waals surface area contributed by atoms with Crippen LogP contribution in [0.25, 0.3) is 0 Å². The van der Waals surface area contributed by atoms with Gasteiger partial charge < -0.3 is 9.47 Å². The fourth-order valence-corrected chi connectivity index (χ4v) is 2.30. The summed E-state index contributed by atoms with van der Waals surface area (Å²) in [5.74, 6) is 0. The number of likely N-dealkylation sites (tertiary alicyclic amines) is 1. The summed E-state index contributed by atoms with van der Waals surface area (Å²) in [5, 5.41) is 0. The molecule has 0 N–H and O–H groups in total. The fourth-order valence-electron chi connectivity index (χ4n) is 2.30. The fraction of sp³-hybridized carbons (Fsp3) is 1.00. The van der Waals surface area contributed by atoms with E-state index in [0.29, 0.717) is 6.10 Å². The molecule has 1 saturated heterocycles. The van der Waals surface area contributed by atoms with E-state index < -0.39 is 0 Å². The zero-order chi connectivity index (χ0) is 12.0. The molecule has 0 saturated carbocycles. The van der Waals surface area contributed by atoms with Crippen LogP contribution < -0.4 is 0 Å². The summed E-state index contributed by atoms with van der Waals surface area (Å²) in [6.07, 6.45) is 5.25. The van der Waals surface area contributed by atoms with Gasteiger partial charge in [0.2, 0.25) is 0 Å². The molecule has 3 heteroatoms. The van der Waals surface area contributed by atoms with Gasteiger partial charge in [-0.25, -0.2) is 0 Å². The molecule has 0 bridgehead atoms. The van der Waals surface area contributed by atoms with Crippen molar-refractivity contribution in [3.05, 3.63) is 0 Å². The van der Waals surface area contributed by atoms with Crippen LogP contribution in [-0.4, -0.2) is 36.6 Å². The van der Waals surface area contributed by atoms with E-state index in [0.717, 1.165) is 12.8 Å². The monoisotopic (exact) mass is 229 g/mol. The van der Waals surface area contributed by atoms with Crippen molar-refractivity contribution in [2.24, 2.45) is 0 Å². The highest BCUT2D eigenvalue weighted by atomic mass is 16.7. The van der Waals surface area contributed by atoms with Gasteiger partial charge in [-0.1, -0.05) is 13.3 Å². The Morgan fingerprint density at radius 3 is 2.25 bits per heavy atom. The van der Waals surface area contributed by atoms with Crippen molar-refractivity contribution in [3.8, 4) is 0 Å². The Labute approximate surface area is 100 Å². The second-order valence-electron chi connectivity index (χ2n) is 4.78. The van der Waals surface area contributed by atoms with E-state index in [1.165, 1.54) is 25.9 Å². The van der Waals surface area contributed by atoms with Crippen LogP contribution >= 0.6 is 0 Å². The summed E-state index contributed by atoms with van der Waals surface area (Å²) in [7, 11) is 0. The minimum atomic E-state index is -0.0999. The third-order valence-electron chi connectivity index (χ3n) is 3.16. The molecular weight excluding hydrogens is 202 g/mol. The first kappa shape index (κ1) is 13.9. The maximum absolute atomic E-state index is 5.85. The summed E-state index contributed by atoms with van der Waals surface area (Å²) in [6, 6.07) is 0. The second-order valence-corrected chi connectivity index (χ2v) is 4.78. The van der Waals surface area contributed by atoms with Gasteiger partial charge in [0, 0.05) is 13.1 Å². The summed E-state index contributed by atoms with van der Waals surface area (Å²) in [4.78, 5) is 2.38. The van der Waals surface area contributed by atoms with Gasteiger partial charge in [0.1, 0.15) is 6.23 Å². The van der Waals surface area contributed by atoms with Gasteiger partial charge in [-0.2, -0.15) is 0 Å². The van der Waals surface area contributed by atoms with Crippen molar-refractivity contribution in [3.63, 3.8) is 0 Å². The second kappa shape index (κ2) is 7.25. The molecule has 1 fully saturated rings. The van der Waals surface area contributed by atoms with E-state index in [1.807, 2.05) is 6.92 Å². The molecule has 0 aliphatic carbocycles. The van der Waals surface area contributed by atoms with Crippen molar-refractivity contribution in [2.75, 3.05) is 13.1 Å². The van der Waals surface area contributed by atoms with Crippen LogP contribution in [0.5, 0.6) is 0 Å². The van der Waals surface area contributed by atoms with Crippen molar-refractivity contribution < 1.29 is 9.47 Å². The van der Waals surface area contributed by atoms with E-state index in [1.54, 1.807) is 0 Å². The third-order valence-corrected chi connectivity index (χ3v) is 3.16. The van der Waals surface area contributed by atoms with Crippen molar-refractivity contribution in [2.45, 2.75) is 72.0 Å². The summed E-state index contributed by atoms with van der Waals surface area (Å²) >= 11 is 0. The maximum atomic E-state index is 5.85. The first-order chi connectivity index (χ1) is 7.63. The molecule has 3 nitrogen and oxygen atoms in total. The quantitative estimate of drug-likeness (QED) is 0.626. The van der Waals surface area contributed by atoms with Gasteiger partial charge >= 0.3 is 0 Å². The molecular formula is C13H27NO2. The van der Waals surface area contributed by atoms with E-state index >= 15 is 0 Å². The first-order valence-electron chi connectivity index (χ1n) is 6.68. The summed E-state index contributed by atoms with van der Waals surface area (Å²) in [5.41, 5.74) is 0. The third kappa shape index (κ3) is 4.81. The van der Waals surface area contributed by atoms with Crippen molar-refractivity contribution >= 4 is 0 Å². The molecule has 16 heavy (non-hydrogen) atoms. The number of hydrogen-bond acceptors (Lipinski definition) is 3. The van der Waals surface area contributed by atoms with Crippen LogP contribution in [0.3, 0.4) is 0 Å². The lowest BCUT2D eigenvalue weighted by Gasteiger charge is -2.28. The lowest BCUT2D eigenvalue weighted by molar-refractivity contribution is -0.206. The lowest BCUT2D eigenvalue weighted by Crippen LogP contribution is -2.36. The number of ether oxygens (including phenoxy) is 2. The molecule has 3 unspecified atom stereocenters. The molecule has 0 aromatic carbocycles.